The van der Waals surface area contributed by atoms with Crippen LogP contribution in [0, 0.1) is 0 Å². The summed E-state index contributed by atoms with van der Waals surface area (Å²) in [7, 11) is 1.72. The molecule has 1 N–H and O–H groups in total. The Morgan fingerprint density at radius 1 is 1.67 bits per heavy atom. The molecule has 1 saturated carbocycles. The van der Waals surface area contributed by atoms with Crippen molar-refractivity contribution in [2.45, 2.75) is 57.3 Å². The second kappa shape index (κ2) is 5.72. The van der Waals surface area contributed by atoms with E-state index in [1.165, 1.54) is 0 Å². The van der Waals surface area contributed by atoms with Gasteiger partial charge in [-0.05, 0) is 41.6 Å². The third-order valence-electron chi connectivity index (χ3n) is 3.69. The Morgan fingerprint density at radius 2 is 2.44 bits per heavy atom. The van der Waals surface area contributed by atoms with Crippen LogP contribution in [0.2, 0.25) is 0 Å². The first-order valence-electron chi connectivity index (χ1n) is 6.57. The van der Waals surface area contributed by atoms with Crippen molar-refractivity contribution < 1.29 is 9.84 Å². The monoisotopic (exact) mass is 316 g/mol. The van der Waals surface area contributed by atoms with Crippen LogP contribution in [-0.4, -0.2) is 28.1 Å². The Bertz CT molecular complexity index is 408. The summed E-state index contributed by atoms with van der Waals surface area (Å²) in [5.41, 5.74) is 0.0924. The third-order valence-corrected chi connectivity index (χ3v) is 4.27. The van der Waals surface area contributed by atoms with Gasteiger partial charge in [0.25, 0.3) is 0 Å². The number of aromatic nitrogens is 2. The van der Waals surface area contributed by atoms with Crippen molar-refractivity contribution in [1.82, 2.24) is 9.78 Å². The van der Waals surface area contributed by atoms with E-state index < -0.39 is 5.60 Å². The fraction of sp³-hybridized carbons (Fsp3) is 0.769. The lowest BCUT2D eigenvalue weighted by Gasteiger charge is -2.36. The van der Waals surface area contributed by atoms with Gasteiger partial charge in [0.1, 0.15) is 5.60 Å². The van der Waals surface area contributed by atoms with Gasteiger partial charge in [-0.3, -0.25) is 4.68 Å². The van der Waals surface area contributed by atoms with Gasteiger partial charge in [0, 0.05) is 20.1 Å². The van der Waals surface area contributed by atoms with Crippen molar-refractivity contribution in [2.24, 2.45) is 0 Å². The van der Waals surface area contributed by atoms with Crippen LogP contribution in [0.4, 0.5) is 0 Å². The van der Waals surface area contributed by atoms with Gasteiger partial charge < -0.3 is 9.84 Å². The highest BCUT2D eigenvalue weighted by atomic mass is 79.9. The van der Waals surface area contributed by atoms with E-state index in [0.717, 1.165) is 42.4 Å². The normalized spacial score (nSPS) is 28.6. The zero-order valence-electron chi connectivity index (χ0n) is 11.0. The number of halogens is 1. The maximum Gasteiger partial charge on any atom is 0.110 e. The van der Waals surface area contributed by atoms with Crippen molar-refractivity contribution in [3.05, 3.63) is 16.4 Å². The second-order valence-corrected chi connectivity index (χ2v) is 5.90. The molecule has 0 aliphatic heterocycles. The number of hydrogen-bond acceptors (Lipinski definition) is 3. The lowest BCUT2D eigenvalue weighted by Crippen LogP contribution is -2.38. The van der Waals surface area contributed by atoms with Gasteiger partial charge in [-0.25, -0.2) is 0 Å². The Kier molecular flexibility index (Phi) is 4.45. The third kappa shape index (κ3) is 2.63. The van der Waals surface area contributed by atoms with E-state index >= 15 is 0 Å². The van der Waals surface area contributed by atoms with Crippen molar-refractivity contribution in [3.63, 3.8) is 0 Å². The molecule has 5 heteroatoms. The second-order valence-electron chi connectivity index (χ2n) is 5.05. The Morgan fingerprint density at radius 3 is 3.11 bits per heavy atom. The van der Waals surface area contributed by atoms with E-state index in [0.29, 0.717) is 6.42 Å². The van der Waals surface area contributed by atoms with Gasteiger partial charge in [0.05, 0.1) is 22.5 Å². The highest BCUT2D eigenvalue weighted by molar-refractivity contribution is 9.10. The molecule has 1 aliphatic carbocycles. The van der Waals surface area contributed by atoms with Crippen molar-refractivity contribution in [2.75, 3.05) is 7.11 Å². The van der Waals surface area contributed by atoms with Gasteiger partial charge in [0.2, 0.25) is 0 Å². The molecule has 18 heavy (non-hydrogen) atoms. The van der Waals surface area contributed by atoms with Crippen LogP contribution < -0.4 is 0 Å². The minimum absolute atomic E-state index is 0.139. The van der Waals surface area contributed by atoms with Crippen LogP contribution in [0.25, 0.3) is 0 Å². The van der Waals surface area contributed by atoms with Crippen molar-refractivity contribution in [3.8, 4) is 0 Å². The Balaban J connectivity index is 2.30. The molecule has 102 valence electrons. The quantitative estimate of drug-likeness (QED) is 0.929. The van der Waals surface area contributed by atoms with Gasteiger partial charge in [-0.2, -0.15) is 5.10 Å². The molecule has 1 fully saturated rings. The summed E-state index contributed by atoms with van der Waals surface area (Å²) in [6.45, 7) is 2.95. The molecule has 1 aromatic heterocycles. The molecule has 2 unspecified atom stereocenters. The van der Waals surface area contributed by atoms with Gasteiger partial charge in [-0.1, -0.05) is 6.92 Å². The summed E-state index contributed by atoms with van der Waals surface area (Å²) in [5, 5.41) is 15.3. The lowest BCUT2D eigenvalue weighted by molar-refractivity contribution is -0.0686. The Labute approximate surface area is 116 Å². The van der Waals surface area contributed by atoms with Gasteiger partial charge >= 0.3 is 0 Å². The molecule has 0 saturated heterocycles. The molecular formula is C13H21BrN2O2. The predicted octanol–water partition coefficient (Wildman–Crippen LogP) is 2.83. The van der Waals surface area contributed by atoms with Crippen molar-refractivity contribution in [1.29, 1.82) is 0 Å². The van der Waals surface area contributed by atoms with E-state index in [1.54, 1.807) is 13.3 Å². The molecule has 0 spiro atoms. The molecule has 0 radical (unpaired) electrons. The zero-order chi connectivity index (χ0) is 13.2. The fourth-order valence-electron chi connectivity index (χ4n) is 2.83. The topological polar surface area (TPSA) is 47.3 Å². The fourth-order valence-corrected chi connectivity index (χ4v) is 3.49. The number of rotatable bonds is 4. The molecule has 0 aromatic carbocycles. The first kappa shape index (κ1) is 14.0. The summed E-state index contributed by atoms with van der Waals surface area (Å²) in [6, 6.07) is 0. The van der Waals surface area contributed by atoms with E-state index in [2.05, 4.69) is 28.0 Å². The Hall–Kier alpha value is -0.390. The van der Waals surface area contributed by atoms with Crippen LogP contribution in [-0.2, 0) is 16.9 Å². The highest BCUT2D eigenvalue weighted by Crippen LogP contribution is 2.41. The first-order chi connectivity index (χ1) is 8.60. The van der Waals surface area contributed by atoms with E-state index in [4.69, 9.17) is 4.74 Å². The van der Waals surface area contributed by atoms with E-state index in [-0.39, 0.29) is 6.10 Å². The van der Waals surface area contributed by atoms with Gasteiger partial charge in [0.15, 0.2) is 0 Å². The molecule has 2 atom stereocenters. The largest absolute Gasteiger partial charge is 0.383 e. The smallest absolute Gasteiger partial charge is 0.110 e. The molecule has 4 nitrogen and oxygen atoms in total. The number of ether oxygens (including phenoxy) is 1. The van der Waals surface area contributed by atoms with Crippen LogP contribution in [0.5, 0.6) is 0 Å². The number of aryl methyl sites for hydroxylation is 1. The first-order valence-corrected chi connectivity index (χ1v) is 7.37. The molecule has 1 aliphatic rings. The average Bonchev–Trinajstić information content (AvgIpc) is 2.72. The van der Waals surface area contributed by atoms with E-state index in [9.17, 15) is 5.11 Å². The SMILES string of the molecule is CCCn1ncc(Br)c1C1(O)CCCC(OC)C1. The number of hydrogen-bond donors (Lipinski definition) is 1. The molecule has 1 aromatic rings. The highest BCUT2D eigenvalue weighted by Gasteiger charge is 2.40. The van der Waals surface area contributed by atoms with Crippen LogP contribution in [0.3, 0.4) is 0 Å². The lowest BCUT2D eigenvalue weighted by atomic mass is 9.80. The average molecular weight is 317 g/mol. The summed E-state index contributed by atoms with van der Waals surface area (Å²) in [5.74, 6) is 0. The predicted molar refractivity (Wildman–Crippen MR) is 73.4 cm³/mol. The molecule has 2 rings (SSSR count). The van der Waals surface area contributed by atoms with Gasteiger partial charge in [-0.15, -0.1) is 0 Å². The maximum absolute atomic E-state index is 11.0. The van der Waals surface area contributed by atoms with Crippen LogP contribution in [0.1, 0.15) is 44.7 Å². The zero-order valence-corrected chi connectivity index (χ0v) is 12.6. The summed E-state index contributed by atoms with van der Waals surface area (Å²) >= 11 is 3.52. The number of methoxy groups -OCH3 is 1. The molecule has 0 amide bonds. The summed E-state index contributed by atoms with van der Waals surface area (Å²) in [6.07, 6.45) is 6.36. The van der Waals surface area contributed by atoms with Crippen LogP contribution >= 0.6 is 15.9 Å². The van der Waals surface area contributed by atoms with Crippen molar-refractivity contribution >= 4 is 15.9 Å². The summed E-state index contributed by atoms with van der Waals surface area (Å²) < 4.78 is 8.24. The molecular weight excluding hydrogens is 296 g/mol. The molecule has 1 heterocycles. The minimum Gasteiger partial charge on any atom is -0.383 e. The van der Waals surface area contributed by atoms with Crippen LogP contribution in [0.15, 0.2) is 10.7 Å². The standard InChI is InChI=1S/C13H21BrN2O2/c1-3-7-16-12(11(14)9-15-16)13(17)6-4-5-10(8-13)18-2/h9-10,17H,3-8H2,1-2H3. The molecule has 0 bridgehead atoms. The minimum atomic E-state index is -0.816. The maximum atomic E-state index is 11.0. The number of aliphatic hydroxyl groups is 1. The van der Waals surface area contributed by atoms with E-state index in [1.807, 2.05) is 4.68 Å². The number of nitrogens with zero attached hydrogens (tertiary/aromatic N) is 2. The summed E-state index contributed by atoms with van der Waals surface area (Å²) in [4.78, 5) is 0.